The van der Waals surface area contributed by atoms with Gasteiger partial charge in [0.15, 0.2) is 0 Å². The van der Waals surface area contributed by atoms with E-state index in [1.54, 1.807) is 0 Å². The maximum atomic E-state index is 9.67. The van der Waals surface area contributed by atoms with Gasteiger partial charge in [-0.3, -0.25) is 10.4 Å². The molecular formula is C24H26F3N3. The number of benzene rings is 1. The Morgan fingerprint density at radius 3 is 2.47 bits per heavy atom. The van der Waals surface area contributed by atoms with Crippen LogP contribution in [0.1, 0.15) is 32.8 Å². The highest BCUT2D eigenvalue weighted by molar-refractivity contribution is 6.04. The monoisotopic (exact) mass is 413 g/mol. The maximum absolute atomic E-state index is 9.67. The molecule has 1 aliphatic heterocycles. The summed E-state index contributed by atoms with van der Waals surface area (Å²) in [6.07, 6.45) is 16.9. The highest BCUT2D eigenvalue weighted by Gasteiger charge is 2.36. The summed E-state index contributed by atoms with van der Waals surface area (Å²) in [5.41, 5.74) is 8.26. The number of terminal acetylenes is 1. The zero-order valence-electron chi connectivity index (χ0n) is 17.4. The number of nitrogens with zero attached hydrogens (tertiary/aromatic N) is 2. The van der Waals surface area contributed by atoms with Gasteiger partial charge in [-0.2, -0.15) is 18.3 Å². The Morgan fingerprint density at radius 1 is 1.20 bits per heavy atom. The lowest BCUT2D eigenvalue weighted by Crippen LogP contribution is -2.38. The van der Waals surface area contributed by atoms with Crippen LogP contribution >= 0.6 is 0 Å². The molecule has 0 saturated heterocycles. The van der Waals surface area contributed by atoms with Crippen molar-refractivity contribution in [2.75, 3.05) is 0 Å². The smallest absolute Gasteiger partial charge is 0.282 e. The molecule has 2 heterocycles. The van der Waals surface area contributed by atoms with Crippen LogP contribution in [0.3, 0.4) is 0 Å². The van der Waals surface area contributed by atoms with Gasteiger partial charge < -0.3 is 0 Å². The molecule has 1 unspecified atom stereocenters. The van der Waals surface area contributed by atoms with Crippen molar-refractivity contribution < 1.29 is 13.2 Å². The fourth-order valence-electron chi connectivity index (χ4n) is 3.29. The van der Waals surface area contributed by atoms with E-state index in [-0.39, 0.29) is 5.41 Å². The lowest BCUT2D eigenvalue weighted by molar-refractivity contribution is 0.00819. The molecule has 158 valence electrons. The van der Waals surface area contributed by atoms with Gasteiger partial charge in [-0.05, 0) is 44.0 Å². The molecule has 1 aromatic carbocycles. The van der Waals surface area contributed by atoms with E-state index in [9.17, 15) is 13.2 Å². The number of allylic oxidation sites excluding steroid dienone is 5. The molecule has 3 nitrogen and oxygen atoms in total. The van der Waals surface area contributed by atoms with Crippen molar-refractivity contribution in [1.82, 2.24) is 10.4 Å². The van der Waals surface area contributed by atoms with Gasteiger partial charge in [0.25, 0.3) is 0 Å². The molecule has 0 amide bonds. The number of hydrogen-bond donors (Lipinski definition) is 1. The molecule has 1 aromatic heterocycles. The Hall–Kier alpha value is -3.33. The molecule has 1 aliphatic rings. The van der Waals surface area contributed by atoms with Gasteiger partial charge >= 0.3 is 6.68 Å². The quantitative estimate of drug-likeness (QED) is 0.473. The van der Waals surface area contributed by atoms with Crippen LogP contribution in [0.25, 0.3) is 10.9 Å². The summed E-state index contributed by atoms with van der Waals surface area (Å²) >= 11 is 0. The number of pyridine rings is 1. The third-order valence-electron chi connectivity index (χ3n) is 4.74. The summed E-state index contributed by atoms with van der Waals surface area (Å²) in [6.45, 7) is 6.86. The van der Waals surface area contributed by atoms with Crippen LogP contribution in [0.2, 0.25) is 0 Å². The van der Waals surface area contributed by atoms with E-state index in [4.69, 9.17) is 0 Å². The third kappa shape index (κ3) is 5.84. The normalized spacial score (nSPS) is 18.8. The lowest BCUT2D eigenvalue weighted by Gasteiger charge is -2.37. The summed E-state index contributed by atoms with van der Waals surface area (Å²) in [5, 5.41) is 5.70. The van der Waals surface area contributed by atoms with Crippen molar-refractivity contribution in [2.24, 2.45) is 5.10 Å². The molecule has 1 N–H and O–H groups in total. The van der Waals surface area contributed by atoms with E-state index >= 15 is 0 Å². The molecular weight excluding hydrogens is 387 g/mol. The SMILES string of the molecule is C#C.C=C1NN=C(C(/C=C\C)=C/C)CC1(C)c1cccc2ncccc12.FC(F)F. The van der Waals surface area contributed by atoms with E-state index in [1.807, 2.05) is 38.3 Å². The molecule has 30 heavy (non-hydrogen) atoms. The molecule has 0 fully saturated rings. The Kier molecular flexibility index (Phi) is 9.57. The average molecular weight is 413 g/mol. The minimum Gasteiger partial charge on any atom is -0.282 e. The second-order valence-corrected chi connectivity index (χ2v) is 6.52. The Morgan fingerprint density at radius 2 is 1.87 bits per heavy atom. The van der Waals surface area contributed by atoms with Gasteiger partial charge in [0, 0.05) is 29.1 Å². The Labute approximate surface area is 176 Å². The van der Waals surface area contributed by atoms with Crippen LogP contribution in [0, 0.1) is 12.8 Å². The van der Waals surface area contributed by atoms with Gasteiger partial charge in [-0.15, -0.1) is 12.8 Å². The van der Waals surface area contributed by atoms with Crippen LogP contribution in [0.15, 0.2) is 77.7 Å². The second kappa shape index (κ2) is 11.6. The molecule has 2 aromatic rings. The zero-order chi connectivity index (χ0) is 22.7. The molecule has 0 bridgehead atoms. The minimum absolute atomic E-state index is 0.241. The number of fused-ring (bicyclic) bond motifs is 1. The first-order valence-electron chi connectivity index (χ1n) is 9.24. The van der Waals surface area contributed by atoms with E-state index in [0.29, 0.717) is 0 Å². The van der Waals surface area contributed by atoms with Crippen molar-refractivity contribution in [2.45, 2.75) is 39.3 Å². The molecule has 0 radical (unpaired) electrons. The lowest BCUT2D eigenvalue weighted by atomic mass is 9.72. The fourth-order valence-corrected chi connectivity index (χ4v) is 3.29. The van der Waals surface area contributed by atoms with Crippen LogP contribution in [-0.2, 0) is 5.41 Å². The number of rotatable bonds is 3. The zero-order valence-corrected chi connectivity index (χ0v) is 17.4. The van der Waals surface area contributed by atoms with Crippen molar-refractivity contribution in [1.29, 1.82) is 0 Å². The molecule has 0 spiro atoms. The maximum Gasteiger partial charge on any atom is 0.379 e. The number of aromatic nitrogens is 1. The van der Waals surface area contributed by atoms with Gasteiger partial charge in [-0.1, -0.05) is 43.0 Å². The van der Waals surface area contributed by atoms with Crippen molar-refractivity contribution in [3.8, 4) is 12.8 Å². The molecule has 1 atom stereocenters. The van der Waals surface area contributed by atoms with Crippen LogP contribution < -0.4 is 5.43 Å². The number of halogens is 3. The first kappa shape index (κ1) is 24.7. The largest absolute Gasteiger partial charge is 0.379 e. The predicted octanol–water partition coefficient (Wildman–Crippen LogP) is 6.31. The van der Waals surface area contributed by atoms with Gasteiger partial charge in [0.05, 0.1) is 11.2 Å². The number of alkyl halides is 3. The van der Waals surface area contributed by atoms with Crippen molar-refractivity contribution >= 4 is 16.6 Å². The standard InChI is InChI=1S/C21H23N3.C2H2.CHF3/c1-5-9-16(6-2)20-14-21(4,15(3)23-24-20)18-11-7-12-19-17(18)10-8-13-22-19;1-2;2-1(3)4/h5-13,23H,3,14H2,1-2,4H3;1-2H;1H/b9-5-,16-6+;;. The summed E-state index contributed by atoms with van der Waals surface area (Å²) in [5.74, 6) is 0. The van der Waals surface area contributed by atoms with E-state index in [0.717, 1.165) is 28.9 Å². The average Bonchev–Trinajstić information content (AvgIpc) is 2.75. The molecule has 6 heteroatoms. The number of hydrazone groups is 1. The number of hydrogen-bond acceptors (Lipinski definition) is 3. The van der Waals surface area contributed by atoms with Crippen LogP contribution in [0.4, 0.5) is 13.2 Å². The van der Waals surface area contributed by atoms with E-state index < -0.39 is 6.68 Å². The van der Waals surface area contributed by atoms with Gasteiger partial charge in [-0.25, -0.2) is 0 Å². The number of nitrogens with one attached hydrogen (secondary N) is 1. The van der Waals surface area contributed by atoms with E-state index in [1.165, 1.54) is 10.9 Å². The van der Waals surface area contributed by atoms with Gasteiger partial charge in [0.2, 0.25) is 0 Å². The Balaban J connectivity index is 0.000000673. The second-order valence-electron chi connectivity index (χ2n) is 6.52. The molecule has 0 saturated carbocycles. The van der Waals surface area contributed by atoms with Gasteiger partial charge in [0.1, 0.15) is 0 Å². The Bertz CT molecular complexity index is 966. The summed E-state index contributed by atoms with van der Waals surface area (Å²) in [6, 6.07) is 10.4. The predicted molar refractivity (Wildman–Crippen MR) is 119 cm³/mol. The summed E-state index contributed by atoms with van der Waals surface area (Å²) in [4.78, 5) is 4.49. The molecule has 3 rings (SSSR count). The topological polar surface area (TPSA) is 37.3 Å². The van der Waals surface area contributed by atoms with Crippen LogP contribution in [-0.4, -0.2) is 17.4 Å². The van der Waals surface area contributed by atoms with Crippen LogP contribution in [0.5, 0.6) is 0 Å². The fraction of sp³-hybridized carbons (Fsp3) is 0.250. The van der Waals surface area contributed by atoms with E-state index in [2.05, 4.69) is 72.2 Å². The van der Waals surface area contributed by atoms with Crippen molar-refractivity contribution in [3.63, 3.8) is 0 Å². The minimum atomic E-state index is -3.67. The van der Waals surface area contributed by atoms with Crippen molar-refractivity contribution in [3.05, 3.63) is 78.2 Å². The summed E-state index contributed by atoms with van der Waals surface area (Å²) in [7, 11) is 0. The third-order valence-corrected chi connectivity index (χ3v) is 4.74. The highest BCUT2D eigenvalue weighted by atomic mass is 19.4. The first-order valence-corrected chi connectivity index (χ1v) is 9.24. The summed E-state index contributed by atoms with van der Waals surface area (Å²) < 4.78 is 29.0. The molecule has 0 aliphatic carbocycles. The highest BCUT2D eigenvalue weighted by Crippen LogP contribution is 2.40. The first-order chi connectivity index (χ1) is 14.3.